The SMILES string of the molecule is CCCCOc1ccc(C(=O)NC(=S)Nc2ccc(CC(=O)N(C)C)cc2)cc1Br. The average Bonchev–Trinajstić information content (AvgIpc) is 2.70. The molecular weight excluding hydrogens is 466 g/mol. The first kappa shape index (κ1) is 23.8. The van der Waals surface area contributed by atoms with E-state index in [4.69, 9.17) is 17.0 Å². The van der Waals surface area contributed by atoms with Crippen molar-refractivity contribution in [1.82, 2.24) is 10.2 Å². The van der Waals surface area contributed by atoms with Crippen LogP contribution in [0.15, 0.2) is 46.9 Å². The fraction of sp³-hybridized carbons (Fsp3) is 0.318. The zero-order valence-electron chi connectivity index (χ0n) is 17.3. The molecule has 0 unspecified atom stereocenters. The molecule has 0 atom stereocenters. The number of nitrogens with one attached hydrogen (secondary N) is 2. The fourth-order valence-electron chi connectivity index (χ4n) is 2.46. The molecule has 2 N–H and O–H groups in total. The smallest absolute Gasteiger partial charge is 0.257 e. The summed E-state index contributed by atoms with van der Waals surface area (Å²) < 4.78 is 6.39. The summed E-state index contributed by atoms with van der Waals surface area (Å²) in [5, 5.41) is 5.83. The van der Waals surface area contributed by atoms with Crippen LogP contribution in [-0.2, 0) is 11.2 Å². The summed E-state index contributed by atoms with van der Waals surface area (Å²) in [7, 11) is 3.45. The van der Waals surface area contributed by atoms with Crippen LogP contribution in [0.2, 0.25) is 0 Å². The van der Waals surface area contributed by atoms with Gasteiger partial charge < -0.3 is 15.0 Å². The quantitative estimate of drug-likeness (QED) is 0.423. The molecule has 0 spiro atoms. The largest absolute Gasteiger partial charge is 0.492 e. The van der Waals surface area contributed by atoms with Crippen LogP contribution in [0.3, 0.4) is 0 Å². The lowest BCUT2D eigenvalue weighted by Crippen LogP contribution is -2.34. The number of anilines is 1. The topological polar surface area (TPSA) is 70.7 Å². The van der Waals surface area contributed by atoms with Gasteiger partial charge >= 0.3 is 0 Å². The number of nitrogens with zero attached hydrogens (tertiary/aromatic N) is 1. The van der Waals surface area contributed by atoms with Crippen LogP contribution >= 0.6 is 28.1 Å². The molecule has 0 aromatic heterocycles. The number of ether oxygens (including phenoxy) is 1. The van der Waals surface area contributed by atoms with E-state index in [9.17, 15) is 9.59 Å². The number of amides is 2. The second-order valence-electron chi connectivity index (χ2n) is 6.92. The normalized spacial score (nSPS) is 10.3. The zero-order valence-corrected chi connectivity index (χ0v) is 19.7. The fourth-order valence-corrected chi connectivity index (χ4v) is 3.17. The van der Waals surface area contributed by atoms with E-state index in [1.54, 1.807) is 37.2 Å². The third-order valence-corrected chi connectivity index (χ3v) is 5.07. The predicted octanol–water partition coefficient (Wildman–Crippen LogP) is 4.39. The Bertz CT molecular complexity index is 901. The minimum absolute atomic E-state index is 0.0337. The Labute approximate surface area is 191 Å². The number of carbonyl (C=O) groups is 2. The molecule has 2 aromatic carbocycles. The van der Waals surface area contributed by atoms with E-state index in [-0.39, 0.29) is 16.9 Å². The number of likely N-dealkylation sites (N-methyl/N-ethyl adjacent to an activating group) is 1. The Morgan fingerprint density at radius 1 is 1.13 bits per heavy atom. The average molecular weight is 492 g/mol. The molecule has 0 saturated carbocycles. The summed E-state index contributed by atoms with van der Waals surface area (Å²) >= 11 is 8.68. The second kappa shape index (κ2) is 11.7. The van der Waals surface area contributed by atoms with Gasteiger partial charge in [0.2, 0.25) is 5.91 Å². The molecule has 0 aliphatic carbocycles. The molecule has 0 fully saturated rings. The monoisotopic (exact) mass is 491 g/mol. The summed E-state index contributed by atoms with van der Waals surface area (Å²) in [4.78, 5) is 25.8. The third-order valence-electron chi connectivity index (χ3n) is 4.24. The van der Waals surface area contributed by atoms with Gasteiger partial charge in [0.15, 0.2) is 5.11 Å². The molecule has 2 aromatic rings. The molecule has 2 amide bonds. The highest BCUT2D eigenvalue weighted by Crippen LogP contribution is 2.26. The van der Waals surface area contributed by atoms with E-state index >= 15 is 0 Å². The predicted molar refractivity (Wildman–Crippen MR) is 127 cm³/mol. The number of benzene rings is 2. The Balaban J connectivity index is 1.90. The maximum Gasteiger partial charge on any atom is 0.257 e. The molecule has 0 radical (unpaired) electrons. The number of hydrogen-bond donors (Lipinski definition) is 2. The number of thiocarbonyl (C=S) groups is 1. The number of carbonyl (C=O) groups excluding carboxylic acids is 2. The van der Waals surface area contributed by atoms with Crippen molar-refractivity contribution in [1.29, 1.82) is 0 Å². The van der Waals surface area contributed by atoms with E-state index < -0.39 is 0 Å². The van der Waals surface area contributed by atoms with Gasteiger partial charge in [-0.15, -0.1) is 0 Å². The van der Waals surface area contributed by atoms with Gasteiger partial charge in [-0.3, -0.25) is 14.9 Å². The first-order valence-electron chi connectivity index (χ1n) is 9.64. The summed E-state index contributed by atoms with van der Waals surface area (Å²) in [5.41, 5.74) is 2.09. The van der Waals surface area contributed by atoms with Crippen molar-refractivity contribution < 1.29 is 14.3 Å². The lowest BCUT2D eigenvalue weighted by Gasteiger charge is -2.12. The van der Waals surface area contributed by atoms with E-state index in [0.717, 1.165) is 24.1 Å². The lowest BCUT2D eigenvalue weighted by molar-refractivity contribution is -0.127. The molecule has 6 nitrogen and oxygen atoms in total. The van der Waals surface area contributed by atoms with Crippen LogP contribution < -0.4 is 15.4 Å². The van der Waals surface area contributed by atoms with Gasteiger partial charge in [0.25, 0.3) is 5.91 Å². The summed E-state index contributed by atoms with van der Waals surface area (Å²) in [5.74, 6) is 0.418. The Hall–Kier alpha value is -2.45. The highest BCUT2D eigenvalue weighted by atomic mass is 79.9. The molecule has 8 heteroatoms. The molecule has 160 valence electrons. The minimum atomic E-state index is -0.318. The van der Waals surface area contributed by atoms with E-state index in [1.807, 2.05) is 24.3 Å². The first-order valence-corrected chi connectivity index (χ1v) is 10.8. The Morgan fingerprint density at radius 2 is 1.83 bits per heavy atom. The second-order valence-corrected chi connectivity index (χ2v) is 8.18. The molecular formula is C22H26BrN3O3S. The number of hydrogen-bond acceptors (Lipinski definition) is 4. The van der Waals surface area contributed by atoms with E-state index in [1.165, 1.54) is 0 Å². The molecule has 0 bridgehead atoms. The van der Waals surface area contributed by atoms with Crippen molar-refractivity contribution in [3.8, 4) is 5.75 Å². The van der Waals surface area contributed by atoms with Crippen LogP contribution in [0.25, 0.3) is 0 Å². The van der Waals surface area contributed by atoms with Crippen LogP contribution in [0.5, 0.6) is 5.75 Å². The molecule has 0 aliphatic heterocycles. The molecule has 30 heavy (non-hydrogen) atoms. The van der Waals surface area contributed by atoms with E-state index in [0.29, 0.717) is 28.8 Å². The van der Waals surface area contributed by atoms with Gasteiger partial charge in [0, 0.05) is 25.3 Å². The Morgan fingerprint density at radius 3 is 2.43 bits per heavy atom. The highest BCUT2D eigenvalue weighted by molar-refractivity contribution is 9.10. The van der Waals surface area contributed by atoms with Gasteiger partial charge in [0.05, 0.1) is 17.5 Å². The maximum atomic E-state index is 12.5. The van der Waals surface area contributed by atoms with Gasteiger partial charge in [-0.25, -0.2) is 0 Å². The van der Waals surface area contributed by atoms with Crippen LogP contribution in [0.1, 0.15) is 35.7 Å². The van der Waals surface area contributed by atoms with Crippen molar-refractivity contribution in [2.75, 3.05) is 26.0 Å². The van der Waals surface area contributed by atoms with Gasteiger partial charge in [0.1, 0.15) is 5.75 Å². The lowest BCUT2D eigenvalue weighted by atomic mass is 10.1. The summed E-state index contributed by atoms with van der Waals surface area (Å²) in [6.07, 6.45) is 2.36. The number of rotatable bonds is 8. The van der Waals surface area contributed by atoms with Crippen molar-refractivity contribution in [2.24, 2.45) is 0 Å². The summed E-state index contributed by atoms with van der Waals surface area (Å²) in [6, 6.07) is 12.5. The van der Waals surface area contributed by atoms with Gasteiger partial charge in [-0.05, 0) is 70.5 Å². The number of unbranched alkanes of at least 4 members (excludes halogenated alkanes) is 1. The van der Waals surface area contributed by atoms with Crippen molar-refractivity contribution >= 4 is 50.8 Å². The van der Waals surface area contributed by atoms with Gasteiger partial charge in [-0.1, -0.05) is 25.5 Å². The van der Waals surface area contributed by atoms with Gasteiger partial charge in [-0.2, -0.15) is 0 Å². The standard InChI is InChI=1S/C22H26BrN3O3S/c1-4-5-12-29-19-11-8-16(14-18(19)23)21(28)25-22(30)24-17-9-6-15(7-10-17)13-20(27)26(2)3/h6-11,14H,4-5,12-13H2,1-3H3,(H2,24,25,28,30). The van der Waals surface area contributed by atoms with Crippen molar-refractivity contribution in [3.05, 3.63) is 58.1 Å². The van der Waals surface area contributed by atoms with Crippen molar-refractivity contribution in [2.45, 2.75) is 26.2 Å². The zero-order chi connectivity index (χ0) is 22.1. The van der Waals surface area contributed by atoms with Crippen LogP contribution in [0.4, 0.5) is 5.69 Å². The number of halogens is 1. The third kappa shape index (κ3) is 7.42. The van der Waals surface area contributed by atoms with E-state index in [2.05, 4.69) is 33.5 Å². The van der Waals surface area contributed by atoms with Crippen LogP contribution in [-0.4, -0.2) is 42.5 Å². The minimum Gasteiger partial charge on any atom is -0.492 e. The summed E-state index contributed by atoms with van der Waals surface area (Å²) in [6.45, 7) is 2.74. The first-order chi connectivity index (χ1) is 14.3. The maximum absolute atomic E-state index is 12.5. The molecule has 0 saturated heterocycles. The van der Waals surface area contributed by atoms with Crippen LogP contribution in [0, 0.1) is 0 Å². The molecule has 0 aliphatic rings. The Kier molecular flexibility index (Phi) is 9.26. The highest BCUT2D eigenvalue weighted by Gasteiger charge is 2.11. The molecule has 2 rings (SSSR count). The van der Waals surface area contributed by atoms with Crippen molar-refractivity contribution in [3.63, 3.8) is 0 Å². The molecule has 0 heterocycles.